The molecule has 0 spiro atoms. The summed E-state index contributed by atoms with van der Waals surface area (Å²) in [5.74, 6) is 0. The molecule has 3 aromatic rings. The molecule has 102 valence electrons. The van der Waals surface area contributed by atoms with Crippen molar-refractivity contribution in [3.05, 3.63) is 51.9 Å². The van der Waals surface area contributed by atoms with Crippen LogP contribution in [0.3, 0.4) is 0 Å². The molecule has 2 heterocycles. The molecule has 20 heavy (non-hydrogen) atoms. The number of benzene rings is 1. The van der Waals surface area contributed by atoms with Gasteiger partial charge in [-0.05, 0) is 36.8 Å². The largest absolute Gasteiger partial charge is 0.398 e. The lowest BCUT2D eigenvalue weighted by Gasteiger charge is -2.10. The van der Waals surface area contributed by atoms with Gasteiger partial charge in [0.25, 0.3) is 0 Å². The number of nitrogens with one attached hydrogen (secondary N) is 1. The van der Waals surface area contributed by atoms with E-state index in [4.69, 9.17) is 17.3 Å². The number of hydrogen-bond acceptors (Lipinski definition) is 4. The molecule has 3 N–H and O–H groups in total. The van der Waals surface area contributed by atoms with Crippen molar-refractivity contribution < 1.29 is 0 Å². The second-order valence-corrected chi connectivity index (χ2v) is 6.31. The molecular formula is C15H14ClN3S. The van der Waals surface area contributed by atoms with Crippen molar-refractivity contribution in [2.75, 3.05) is 17.6 Å². The number of nitrogen functional groups attached to an aromatic ring is 1. The molecule has 5 heteroatoms. The average Bonchev–Trinajstić information content (AvgIpc) is 2.87. The number of thiophene rings is 1. The van der Waals surface area contributed by atoms with Gasteiger partial charge in [-0.1, -0.05) is 11.6 Å². The zero-order chi connectivity index (χ0) is 13.9. The molecule has 0 aliphatic rings. The SMILES string of the molecule is Nc1ccc(NCCc2ccc(Cl)s2)c2cnccc12. The Morgan fingerprint density at radius 1 is 1.15 bits per heavy atom. The van der Waals surface area contributed by atoms with Crippen molar-refractivity contribution in [3.63, 3.8) is 0 Å². The van der Waals surface area contributed by atoms with Crippen LogP contribution in [0.4, 0.5) is 11.4 Å². The van der Waals surface area contributed by atoms with Crippen LogP contribution in [-0.2, 0) is 6.42 Å². The first-order valence-corrected chi connectivity index (χ1v) is 7.54. The minimum absolute atomic E-state index is 0.776. The number of pyridine rings is 1. The Hall–Kier alpha value is -1.78. The summed E-state index contributed by atoms with van der Waals surface area (Å²) >= 11 is 7.55. The topological polar surface area (TPSA) is 50.9 Å². The lowest BCUT2D eigenvalue weighted by Crippen LogP contribution is -2.04. The van der Waals surface area contributed by atoms with Gasteiger partial charge in [-0.3, -0.25) is 4.98 Å². The standard InChI is InChI=1S/C15H14ClN3S/c16-15-4-1-10(20-15)5-8-19-14-3-2-13(17)11-6-7-18-9-12(11)14/h1-4,6-7,9,19H,5,8,17H2. The van der Waals surface area contributed by atoms with Gasteiger partial charge in [0.2, 0.25) is 0 Å². The van der Waals surface area contributed by atoms with Gasteiger partial charge in [0.1, 0.15) is 0 Å². The summed E-state index contributed by atoms with van der Waals surface area (Å²) in [7, 11) is 0. The monoisotopic (exact) mass is 303 g/mol. The van der Waals surface area contributed by atoms with Gasteiger partial charge < -0.3 is 11.1 Å². The van der Waals surface area contributed by atoms with E-state index in [-0.39, 0.29) is 0 Å². The third-order valence-electron chi connectivity index (χ3n) is 3.17. The predicted molar refractivity (Wildman–Crippen MR) is 87.7 cm³/mol. The van der Waals surface area contributed by atoms with Crippen LogP contribution in [0.1, 0.15) is 4.88 Å². The van der Waals surface area contributed by atoms with Crippen LogP contribution in [0.15, 0.2) is 42.7 Å². The van der Waals surface area contributed by atoms with Gasteiger partial charge in [0.15, 0.2) is 0 Å². The predicted octanol–water partition coefficient (Wildman–Crippen LogP) is 4.19. The number of rotatable bonds is 4. The molecule has 0 radical (unpaired) electrons. The van der Waals surface area contributed by atoms with Crippen molar-refractivity contribution >= 4 is 45.1 Å². The molecule has 0 saturated heterocycles. The molecule has 0 saturated carbocycles. The Morgan fingerprint density at radius 2 is 2.05 bits per heavy atom. The van der Waals surface area contributed by atoms with E-state index in [0.717, 1.165) is 39.4 Å². The number of halogens is 1. The molecule has 2 aromatic heterocycles. The Labute approximate surface area is 126 Å². The van der Waals surface area contributed by atoms with E-state index in [2.05, 4.69) is 16.4 Å². The van der Waals surface area contributed by atoms with Crippen molar-refractivity contribution in [2.24, 2.45) is 0 Å². The highest BCUT2D eigenvalue weighted by Gasteiger charge is 2.04. The number of nitrogens with zero attached hydrogens (tertiary/aromatic N) is 1. The number of hydrogen-bond donors (Lipinski definition) is 2. The summed E-state index contributed by atoms with van der Waals surface area (Å²) < 4.78 is 0.835. The van der Waals surface area contributed by atoms with E-state index in [1.165, 1.54) is 4.88 Å². The highest BCUT2D eigenvalue weighted by atomic mass is 35.5. The molecule has 0 fully saturated rings. The van der Waals surface area contributed by atoms with E-state index in [1.807, 2.05) is 30.5 Å². The fourth-order valence-corrected chi connectivity index (χ4v) is 3.26. The number of nitrogens with two attached hydrogens (primary N) is 1. The lowest BCUT2D eigenvalue weighted by molar-refractivity contribution is 1.05. The quantitative estimate of drug-likeness (QED) is 0.711. The highest BCUT2D eigenvalue weighted by Crippen LogP contribution is 2.27. The van der Waals surface area contributed by atoms with Gasteiger partial charge in [-0.15, -0.1) is 11.3 Å². The second kappa shape index (κ2) is 5.69. The van der Waals surface area contributed by atoms with Crippen molar-refractivity contribution in [1.82, 2.24) is 4.98 Å². The van der Waals surface area contributed by atoms with Crippen LogP contribution in [-0.4, -0.2) is 11.5 Å². The molecule has 0 atom stereocenters. The summed E-state index contributed by atoms with van der Waals surface area (Å²) in [5, 5.41) is 5.52. The van der Waals surface area contributed by atoms with E-state index in [1.54, 1.807) is 17.5 Å². The molecule has 0 aliphatic carbocycles. The Balaban J connectivity index is 1.76. The Morgan fingerprint density at radius 3 is 2.85 bits per heavy atom. The Bertz CT molecular complexity index is 739. The molecule has 3 nitrogen and oxygen atoms in total. The lowest BCUT2D eigenvalue weighted by atomic mass is 10.1. The van der Waals surface area contributed by atoms with Gasteiger partial charge in [-0.25, -0.2) is 0 Å². The van der Waals surface area contributed by atoms with Gasteiger partial charge in [0, 0.05) is 46.0 Å². The normalized spacial score (nSPS) is 10.8. The van der Waals surface area contributed by atoms with Crippen LogP contribution < -0.4 is 11.1 Å². The maximum absolute atomic E-state index is 5.98. The Kier molecular flexibility index (Phi) is 3.76. The summed E-state index contributed by atoms with van der Waals surface area (Å²) in [6.45, 7) is 0.852. The third-order valence-corrected chi connectivity index (χ3v) is 4.46. The average molecular weight is 304 g/mol. The van der Waals surface area contributed by atoms with Gasteiger partial charge in [-0.2, -0.15) is 0 Å². The number of anilines is 2. The summed E-state index contributed by atoms with van der Waals surface area (Å²) in [5.41, 5.74) is 7.82. The molecule has 3 rings (SSSR count). The third kappa shape index (κ3) is 2.71. The summed E-state index contributed by atoms with van der Waals surface area (Å²) in [6, 6.07) is 9.86. The maximum atomic E-state index is 5.98. The maximum Gasteiger partial charge on any atom is 0.0931 e. The molecule has 1 aromatic carbocycles. The van der Waals surface area contributed by atoms with E-state index in [9.17, 15) is 0 Å². The van der Waals surface area contributed by atoms with Crippen molar-refractivity contribution in [3.8, 4) is 0 Å². The first-order chi connectivity index (χ1) is 9.74. The zero-order valence-corrected chi connectivity index (χ0v) is 12.3. The molecule has 0 unspecified atom stereocenters. The van der Waals surface area contributed by atoms with E-state index < -0.39 is 0 Å². The fraction of sp³-hybridized carbons (Fsp3) is 0.133. The fourth-order valence-electron chi connectivity index (χ4n) is 2.17. The second-order valence-electron chi connectivity index (χ2n) is 4.51. The van der Waals surface area contributed by atoms with E-state index in [0.29, 0.717) is 0 Å². The molecular weight excluding hydrogens is 290 g/mol. The van der Waals surface area contributed by atoms with Gasteiger partial charge in [0.05, 0.1) is 4.34 Å². The number of aromatic nitrogens is 1. The first kappa shape index (κ1) is 13.2. The minimum Gasteiger partial charge on any atom is -0.398 e. The summed E-state index contributed by atoms with van der Waals surface area (Å²) in [4.78, 5) is 5.45. The molecule has 0 aliphatic heterocycles. The van der Waals surface area contributed by atoms with Crippen LogP contribution in [0.5, 0.6) is 0 Å². The van der Waals surface area contributed by atoms with Crippen LogP contribution in [0.25, 0.3) is 10.8 Å². The van der Waals surface area contributed by atoms with Crippen molar-refractivity contribution in [2.45, 2.75) is 6.42 Å². The zero-order valence-electron chi connectivity index (χ0n) is 10.8. The highest BCUT2D eigenvalue weighted by molar-refractivity contribution is 7.16. The van der Waals surface area contributed by atoms with Crippen LogP contribution in [0, 0.1) is 0 Å². The summed E-state index contributed by atoms with van der Waals surface area (Å²) in [6.07, 6.45) is 4.55. The number of fused-ring (bicyclic) bond motifs is 1. The van der Waals surface area contributed by atoms with Crippen molar-refractivity contribution in [1.29, 1.82) is 0 Å². The first-order valence-electron chi connectivity index (χ1n) is 6.34. The minimum atomic E-state index is 0.776. The van der Waals surface area contributed by atoms with Crippen LogP contribution >= 0.6 is 22.9 Å². The molecule has 0 bridgehead atoms. The van der Waals surface area contributed by atoms with Crippen LogP contribution in [0.2, 0.25) is 4.34 Å². The van der Waals surface area contributed by atoms with E-state index >= 15 is 0 Å². The molecule has 0 amide bonds. The van der Waals surface area contributed by atoms with Gasteiger partial charge >= 0.3 is 0 Å². The smallest absolute Gasteiger partial charge is 0.0931 e.